The zero-order valence-corrected chi connectivity index (χ0v) is 9.87. The van der Waals surface area contributed by atoms with Gasteiger partial charge in [0.2, 0.25) is 0 Å². The van der Waals surface area contributed by atoms with Crippen molar-refractivity contribution in [2.75, 3.05) is 5.33 Å². The van der Waals surface area contributed by atoms with Crippen molar-refractivity contribution in [2.24, 2.45) is 0 Å². The lowest BCUT2D eigenvalue weighted by atomic mass is 10.1. The maximum absolute atomic E-state index is 10.6. The summed E-state index contributed by atoms with van der Waals surface area (Å²) in [6.45, 7) is 1.82. The second-order valence-electron chi connectivity index (χ2n) is 3.06. The molecule has 0 heterocycles. The van der Waals surface area contributed by atoms with Crippen molar-refractivity contribution in [3.8, 4) is 11.8 Å². The number of non-ortho nitro benzene ring substituents is 1. The van der Waals surface area contributed by atoms with E-state index in [4.69, 9.17) is 0 Å². The number of hydrogen-bond donors (Lipinski definition) is 0. The molecule has 0 saturated carbocycles. The van der Waals surface area contributed by atoms with Gasteiger partial charge in [-0.1, -0.05) is 27.8 Å². The monoisotopic (exact) mass is 267 g/mol. The van der Waals surface area contributed by atoms with Gasteiger partial charge in [-0.25, -0.2) is 0 Å². The van der Waals surface area contributed by atoms with Crippen molar-refractivity contribution in [3.05, 3.63) is 39.4 Å². The molecule has 15 heavy (non-hydrogen) atoms. The number of nitrogens with zero attached hydrogens (tertiary/aromatic N) is 1. The Labute approximate surface area is 96.8 Å². The van der Waals surface area contributed by atoms with Gasteiger partial charge < -0.3 is 0 Å². The molecule has 0 bridgehead atoms. The first-order valence-electron chi connectivity index (χ1n) is 4.44. The Bertz CT molecular complexity index is 432. The number of aryl methyl sites for hydroxylation is 1. The SMILES string of the molecule is Cc1cc(C#CCCBr)cc([N+](=O)[O-])c1. The molecule has 78 valence electrons. The Morgan fingerprint density at radius 3 is 2.80 bits per heavy atom. The van der Waals surface area contributed by atoms with Crippen LogP contribution in [0.2, 0.25) is 0 Å². The molecule has 0 aliphatic rings. The predicted octanol–water partition coefficient (Wildman–Crippen LogP) is 3.04. The first-order valence-corrected chi connectivity index (χ1v) is 5.56. The van der Waals surface area contributed by atoms with Crippen LogP contribution in [0.3, 0.4) is 0 Å². The van der Waals surface area contributed by atoms with E-state index >= 15 is 0 Å². The molecule has 0 radical (unpaired) electrons. The standard InChI is InChI=1S/C11H10BrNO2/c1-9-6-10(4-2-3-5-12)8-11(7-9)13(14)15/h6-8H,3,5H2,1H3. The molecule has 0 unspecified atom stereocenters. The molecule has 0 aliphatic heterocycles. The van der Waals surface area contributed by atoms with E-state index in [1.807, 2.05) is 13.0 Å². The number of halogens is 1. The molecule has 4 heteroatoms. The molecule has 0 spiro atoms. The van der Waals surface area contributed by atoms with E-state index in [1.54, 1.807) is 0 Å². The molecule has 0 atom stereocenters. The summed E-state index contributed by atoms with van der Waals surface area (Å²) in [5, 5.41) is 11.4. The van der Waals surface area contributed by atoms with Gasteiger partial charge >= 0.3 is 0 Å². The summed E-state index contributed by atoms with van der Waals surface area (Å²) in [5.41, 5.74) is 1.65. The summed E-state index contributed by atoms with van der Waals surface area (Å²) in [7, 11) is 0. The third-order valence-corrected chi connectivity index (χ3v) is 2.12. The van der Waals surface area contributed by atoms with Gasteiger partial charge in [0, 0.05) is 29.4 Å². The summed E-state index contributed by atoms with van der Waals surface area (Å²) in [5.74, 6) is 5.82. The van der Waals surface area contributed by atoms with E-state index in [2.05, 4.69) is 27.8 Å². The minimum atomic E-state index is -0.400. The van der Waals surface area contributed by atoms with E-state index in [-0.39, 0.29) is 5.69 Å². The van der Waals surface area contributed by atoms with Gasteiger partial charge in [-0.2, -0.15) is 0 Å². The fourth-order valence-corrected chi connectivity index (χ4v) is 1.35. The van der Waals surface area contributed by atoms with E-state index < -0.39 is 4.92 Å². The largest absolute Gasteiger partial charge is 0.270 e. The third-order valence-electron chi connectivity index (χ3n) is 1.73. The Hall–Kier alpha value is -1.34. The van der Waals surface area contributed by atoms with Gasteiger partial charge in [-0.15, -0.1) is 0 Å². The first kappa shape index (κ1) is 11.7. The fourth-order valence-electron chi connectivity index (χ4n) is 1.15. The molecule has 0 amide bonds. The third kappa shape index (κ3) is 3.72. The highest BCUT2D eigenvalue weighted by atomic mass is 79.9. The zero-order valence-electron chi connectivity index (χ0n) is 8.29. The maximum atomic E-state index is 10.6. The van der Waals surface area contributed by atoms with Crippen LogP contribution in [0.1, 0.15) is 17.5 Å². The highest BCUT2D eigenvalue weighted by Gasteiger charge is 2.06. The number of rotatable bonds is 2. The summed E-state index contributed by atoms with van der Waals surface area (Å²) in [6, 6.07) is 4.87. The molecule has 0 N–H and O–H groups in total. The van der Waals surface area contributed by atoms with Crippen LogP contribution in [0.25, 0.3) is 0 Å². The van der Waals surface area contributed by atoms with Crippen LogP contribution in [0, 0.1) is 28.9 Å². The van der Waals surface area contributed by atoms with E-state index in [0.29, 0.717) is 5.56 Å². The second kappa shape index (κ2) is 5.52. The Kier molecular flexibility index (Phi) is 4.32. The summed E-state index contributed by atoms with van der Waals surface area (Å²) < 4.78 is 0. The molecule has 0 fully saturated rings. The van der Waals surface area contributed by atoms with Crippen LogP contribution in [0.4, 0.5) is 5.69 Å². The molecule has 0 aromatic heterocycles. The lowest BCUT2D eigenvalue weighted by Gasteiger charge is -1.95. The van der Waals surface area contributed by atoms with Crippen LogP contribution in [-0.2, 0) is 0 Å². The highest BCUT2D eigenvalue weighted by molar-refractivity contribution is 9.09. The van der Waals surface area contributed by atoms with Gasteiger partial charge in [0.25, 0.3) is 5.69 Å². The van der Waals surface area contributed by atoms with Crippen molar-refractivity contribution in [1.82, 2.24) is 0 Å². The van der Waals surface area contributed by atoms with Gasteiger partial charge in [0.15, 0.2) is 0 Å². The van der Waals surface area contributed by atoms with Crippen LogP contribution in [0.5, 0.6) is 0 Å². The molecule has 0 aliphatic carbocycles. The van der Waals surface area contributed by atoms with Crippen molar-refractivity contribution in [2.45, 2.75) is 13.3 Å². The number of nitro groups is 1. The number of nitro benzene ring substituents is 1. The van der Waals surface area contributed by atoms with Gasteiger partial charge in [0.1, 0.15) is 0 Å². The topological polar surface area (TPSA) is 43.1 Å². The Morgan fingerprint density at radius 1 is 1.47 bits per heavy atom. The molecule has 3 nitrogen and oxygen atoms in total. The van der Waals surface area contributed by atoms with Crippen LogP contribution < -0.4 is 0 Å². The Balaban J connectivity index is 3.00. The number of hydrogen-bond acceptors (Lipinski definition) is 2. The maximum Gasteiger partial charge on any atom is 0.270 e. The molecule has 0 saturated heterocycles. The van der Waals surface area contributed by atoms with Crippen LogP contribution in [0.15, 0.2) is 18.2 Å². The second-order valence-corrected chi connectivity index (χ2v) is 3.85. The number of alkyl halides is 1. The average molecular weight is 268 g/mol. The van der Waals surface area contributed by atoms with Crippen molar-refractivity contribution in [1.29, 1.82) is 0 Å². The van der Waals surface area contributed by atoms with Crippen molar-refractivity contribution >= 4 is 21.6 Å². The van der Waals surface area contributed by atoms with E-state index in [1.165, 1.54) is 12.1 Å². The lowest BCUT2D eigenvalue weighted by molar-refractivity contribution is -0.384. The lowest BCUT2D eigenvalue weighted by Crippen LogP contribution is -1.90. The minimum Gasteiger partial charge on any atom is -0.258 e. The van der Waals surface area contributed by atoms with E-state index in [0.717, 1.165) is 17.3 Å². The normalized spacial score (nSPS) is 9.20. The summed E-state index contributed by atoms with van der Waals surface area (Å²) in [4.78, 5) is 10.2. The van der Waals surface area contributed by atoms with Gasteiger partial charge in [0.05, 0.1) is 4.92 Å². The fraction of sp³-hybridized carbons (Fsp3) is 0.273. The van der Waals surface area contributed by atoms with Gasteiger partial charge in [-0.05, 0) is 18.6 Å². The predicted molar refractivity (Wildman–Crippen MR) is 63.1 cm³/mol. The summed E-state index contributed by atoms with van der Waals surface area (Å²) >= 11 is 3.26. The molecule has 1 aromatic rings. The van der Waals surface area contributed by atoms with Crippen molar-refractivity contribution in [3.63, 3.8) is 0 Å². The van der Waals surface area contributed by atoms with Gasteiger partial charge in [-0.3, -0.25) is 10.1 Å². The highest BCUT2D eigenvalue weighted by Crippen LogP contribution is 2.15. The average Bonchev–Trinajstić information content (AvgIpc) is 2.17. The smallest absolute Gasteiger partial charge is 0.258 e. The summed E-state index contributed by atoms with van der Waals surface area (Å²) in [6.07, 6.45) is 0.738. The molecule has 1 rings (SSSR count). The Morgan fingerprint density at radius 2 is 2.20 bits per heavy atom. The van der Waals surface area contributed by atoms with E-state index in [9.17, 15) is 10.1 Å². The minimum absolute atomic E-state index is 0.0955. The number of benzene rings is 1. The molecular formula is C11H10BrNO2. The molecule has 1 aromatic carbocycles. The van der Waals surface area contributed by atoms with Crippen molar-refractivity contribution < 1.29 is 4.92 Å². The quantitative estimate of drug-likeness (QED) is 0.358. The van der Waals surface area contributed by atoms with Crippen LogP contribution >= 0.6 is 15.9 Å². The molecular weight excluding hydrogens is 258 g/mol. The van der Waals surface area contributed by atoms with Crippen LogP contribution in [-0.4, -0.2) is 10.3 Å². The first-order chi connectivity index (χ1) is 7.13. The zero-order chi connectivity index (χ0) is 11.3.